The third kappa shape index (κ3) is 4.37. The van der Waals surface area contributed by atoms with Gasteiger partial charge in [0.15, 0.2) is 0 Å². The SMILES string of the molecule is c1ccc(CCCNCc2ccncc2)cc1. The number of nitrogens with one attached hydrogen (secondary N) is 1. The molecule has 1 aromatic carbocycles. The molecule has 1 heterocycles. The maximum atomic E-state index is 4.00. The molecule has 0 atom stereocenters. The molecular formula is C15H18N2. The van der Waals surface area contributed by atoms with Gasteiger partial charge in [-0.15, -0.1) is 0 Å². The Balaban J connectivity index is 1.61. The second kappa shape index (κ2) is 6.81. The van der Waals surface area contributed by atoms with Gasteiger partial charge < -0.3 is 5.32 Å². The number of rotatable bonds is 6. The molecule has 2 aromatic rings. The minimum absolute atomic E-state index is 0.928. The van der Waals surface area contributed by atoms with E-state index in [-0.39, 0.29) is 0 Å². The first-order valence-corrected chi connectivity index (χ1v) is 6.09. The summed E-state index contributed by atoms with van der Waals surface area (Å²) in [5, 5.41) is 3.44. The standard InChI is InChI=1S/C15H18N2/c1-2-5-14(6-3-1)7-4-10-17-13-15-8-11-16-12-9-15/h1-3,5-6,8-9,11-12,17H,4,7,10,13H2. The minimum atomic E-state index is 0.928. The lowest BCUT2D eigenvalue weighted by molar-refractivity contribution is 0.649. The molecule has 2 nitrogen and oxygen atoms in total. The number of aryl methyl sites for hydroxylation is 1. The molecule has 17 heavy (non-hydrogen) atoms. The number of nitrogens with zero attached hydrogens (tertiary/aromatic N) is 1. The molecule has 0 aliphatic carbocycles. The smallest absolute Gasteiger partial charge is 0.0271 e. The minimum Gasteiger partial charge on any atom is -0.313 e. The number of hydrogen-bond donors (Lipinski definition) is 1. The lowest BCUT2D eigenvalue weighted by Crippen LogP contribution is -2.15. The van der Waals surface area contributed by atoms with Gasteiger partial charge in [0.25, 0.3) is 0 Å². The van der Waals surface area contributed by atoms with Gasteiger partial charge in [-0.05, 0) is 42.6 Å². The molecule has 0 fully saturated rings. The maximum Gasteiger partial charge on any atom is 0.0271 e. The van der Waals surface area contributed by atoms with Gasteiger partial charge in [0.2, 0.25) is 0 Å². The van der Waals surface area contributed by atoms with Gasteiger partial charge in [-0.2, -0.15) is 0 Å². The monoisotopic (exact) mass is 226 g/mol. The molecule has 0 saturated carbocycles. The zero-order valence-electron chi connectivity index (χ0n) is 9.97. The van der Waals surface area contributed by atoms with Crippen molar-refractivity contribution in [3.05, 3.63) is 66.0 Å². The van der Waals surface area contributed by atoms with Crippen LogP contribution in [0.4, 0.5) is 0 Å². The fourth-order valence-electron chi connectivity index (χ4n) is 1.80. The zero-order valence-corrected chi connectivity index (χ0v) is 9.97. The first kappa shape index (κ1) is 11.8. The Morgan fingerprint density at radius 2 is 1.65 bits per heavy atom. The summed E-state index contributed by atoms with van der Waals surface area (Å²) in [7, 11) is 0. The van der Waals surface area contributed by atoms with Crippen LogP contribution in [0.5, 0.6) is 0 Å². The molecule has 88 valence electrons. The quantitative estimate of drug-likeness (QED) is 0.766. The summed E-state index contributed by atoms with van der Waals surface area (Å²) in [5.74, 6) is 0. The van der Waals surface area contributed by atoms with Gasteiger partial charge >= 0.3 is 0 Å². The van der Waals surface area contributed by atoms with E-state index in [9.17, 15) is 0 Å². The lowest BCUT2D eigenvalue weighted by Gasteiger charge is -2.04. The molecule has 0 unspecified atom stereocenters. The molecule has 2 heteroatoms. The fraction of sp³-hybridized carbons (Fsp3) is 0.267. The molecule has 0 radical (unpaired) electrons. The first-order chi connectivity index (χ1) is 8.45. The van der Waals surface area contributed by atoms with Crippen LogP contribution < -0.4 is 5.32 Å². The topological polar surface area (TPSA) is 24.9 Å². The van der Waals surface area contributed by atoms with Crippen molar-refractivity contribution >= 4 is 0 Å². The number of hydrogen-bond acceptors (Lipinski definition) is 2. The molecule has 2 rings (SSSR count). The van der Waals surface area contributed by atoms with Gasteiger partial charge in [0.05, 0.1) is 0 Å². The third-order valence-corrected chi connectivity index (χ3v) is 2.74. The summed E-state index contributed by atoms with van der Waals surface area (Å²) in [6, 6.07) is 14.7. The first-order valence-electron chi connectivity index (χ1n) is 6.09. The van der Waals surface area contributed by atoms with Crippen LogP contribution in [0.3, 0.4) is 0 Å². The van der Waals surface area contributed by atoms with E-state index in [2.05, 4.69) is 40.6 Å². The van der Waals surface area contributed by atoms with Crippen molar-refractivity contribution in [2.24, 2.45) is 0 Å². The van der Waals surface area contributed by atoms with Gasteiger partial charge in [0, 0.05) is 18.9 Å². The van der Waals surface area contributed by atoms with Crippen molar-refractivity contribution in [2.45, 2.75) is 19.4 Å². The van der Waals surface area contributed by atoms with Crippen LogP contribution in [0, 0.1) is 0 Å². The molecule has 0 saturated heterocycles. The Hall–Kier alpha value is -1.67. The van der Waals surface area contributed by atoms with Crippen LogP contribution >= 0.6 is 0 Å². The van der Waals surface area contributed by atoms with Gasteiger partial charge in [0.1, 0.15) is 0 Å². The van der Waals surface area contributed by atoms with E-state index in [1.807, 2.05) is 24.5 Å². The van der Waals surface area contributed by atoms with Crippen LogP contribution in [-0.4, -0.2) is 11.5 Å². The summed E-state index contributed by atoms with van der Waals surface area (Å²) < 4.78 is 0. The largest absolute Gasteiger partial charge is 0.313 e. The molecule has 0 spiro atoms. The van der Waals surface area contributed by atoms with Crippen LogP contribution in [0.2, 0.25) is 0 Å². The summed E-state index contributed by atoms with van der Waals surface area (Å²) in [6.45, 7) is 1.98. The Morgan fingerprint density at radius 1 is 0.882 bits per heavy atom. The zero-order chi connectivity index (χ0) is 11.8. The molecule has 0 amide bonds. The van der Waals surface area contributed by atoms with Crippen LogP contribution in [0.25, 0.3) is 0 Å². The highest BCUT2D eigenvalue weighted by molar-refractivity contribution is 5.14. The van der Waals surface area contributed by atoms with E-state index in [1.54, 1.807) is 0 Å². The second-order valence-electron chi connectivity index (χ2n) is 4.12. The number of benzene rings is 1. The predicted octanol–water partition coefficient (Wildman–Crippen LogP) is 2.80. The Bertz CT molecular complexity index is 370. The van der Waals surface area contributed by atoms with E-state index >= 15 is 0 Å². The van der Waals surface area contributed by atoms with E-state index in [0.717, 1.165) is 19.5 Å². The van der Waals surface area contributed by atoms with Crippen molar-refractivity contribution < 1.29 is 0 Å². The summed E-state index contributed by atoms with van der Waals surface area (Å²) in [6.07, 6.45) is 5.99. The summed E-state index contributed by atoms with van der Waals surface area (Å²) in [4.78, 5) is 4.00. The normalized spacial score (nSPS) is 10.4. The highest BCUT2D eigenvalue weighted by Crippen LogP contribution is 2.01. The number of aromatic nitrogens is 1. The molecule has 0 bridgehead atoms. The fourth-order valence-corrected chi connectivity index (χ4v) is 1.80. The highest BCUT2D eigenvalue weighted by Gasteiger charge is 1.93. The van der Waals surface area contributed by atoms with Gasteiger partial charge in [-0.25, -0.2) is 0 Å². The van der Waals surface area contributed by atoms with Crippen molar-refractivity contribution in [1.82, 2.24) is 10.3 Å². The average molecular weight is 226 g/mol. The lowest BCUT2D eigenvalue weighted by atomic mass is 10.1. The van der Waals surface area contributed by atoms with Crippen molar-refractivity contribution in [2.75, 3.05) is 6.54 Å². The van der Waals surface area contributed by atoms with Gasteiger partial charge in [-0.1, -0.05) is 30.3 Å². The van der Waals surface area contributed by atoms with Crippen LogP contribution in [0.15, 0.2) is 54.9 Å². The summed E-state index contributed by atoms with van der Waals surface area (Å²) >= 11 is 0. The predicted molar refractivity (Wildman–Crippen MR) is 70.7 cm³/mol. The molecular weight excluding hydrogens is 208 g/mol. The Kier molecular flexibility index (Phi) is 4.73. The molecule has 0 aliphatic heterocycles. The van der Waals surface area contributed by atoms with Gasteiger partial charge in [-0.3, -0.25) is 4.98 Å². The average Bonchev–Trinajstić information content (AvgIpc) is 2.41. The summed E-state index contributed by atoms with van der Waals surface area (Å²) in [5.41, 5.74) is 2.71. The van der Waals surface area contributed by atoms with E-state index in [1.165, 1.54) is 17.5 Å². The van der Waals surface area contributed by atoms with Crippen molar-refractivity contribution in [1.29, 1.82) is 0 Å². The van der Waals surface area contributed by atoms with Crippen molar-refractivity contribution in [3.63, 3.8) is 0 Å². The Morgan fingerprint density at radius 3 is 2.41 bits per heavy atom. The highest BCUT2D eigenvalue weighted by atomic mass is 14.8. The van der Waals surface area contributed by atoms with E-state index < -0.39 is 0 Å². The van der Waals surface area contributed by atoms with Crippen LogP contribution in [0.1, 0.15) is 17.5 Å². The molecule has 1 N–H and O–H groups in total. The third-order valence-electron chi connectivity index (χ3n) is 2.74. The van der Waals surface area contributed by atoms with E-state index in [4.69, 9.17) is 0 Å². The second-order valence-corrected chi connectivity index (χ2v) is 4.12. The van der Waals surface area contributed by atoms with Crippen molar-refractivity contribution in [3.8, 4) is 0 Å². The Labute approximate surface area is 103 Å². The molecule has 1 aromatic heterocycles. The number of pyridine rings is 1. The van der Waals surface area contributed by atoms with E-state index in [0.29, 0.717) is 0 Å². The molecule has 0 aliphatic rings. The van der Waals surface area contributed by atoms with Crippen LogP contribution in [-0.2, 0) is 13.0 Å². The maximum absolute atomic E-state index is 4.00.